The number of nitrogens with one attached hydrogen (secondary N) is 1. The SMILES string of the molecule is CCCc1c(C(=O)OCC)c[nH]c1C(=O)OCC. The zero-order valence-electron chi connectivity index (χ0n) is 11.0. The molecule has 0 spiro atoms. The molecule has 0 saturated heterocycles. The van der Waals surface area contributed by atoms with Crippen molar-refractivity contribution < 1.29 is 19.1 Å². The van der Waals surface area contributed by atoms with Crippen LogP contribution in [-0.2, 0) is 15.9 Å². The predicted molar refractivity (Wildman–Crippen MR) is 66.7 cm³/mol. The fourth-order valence-electron chi connectivity index (χ4n) is 1.74. The van der Waals surface area contributed by atoms with Gasteiger partial charge < -0.3 is 14.5 Å². The van der Waals surface area contributed by atoms with Gasteiger partial charge in [0.05, 0.1) is 18.8 Å². The maximum Gasteiger partial charge on any atom is 0.355 e. The summed E-state index contributed by atoms with van der Waals surface area (Å²) in [5, 5.41) is 0. The first-order valence-corrected chi connectivity index (χ1v) is 6.20. The lowest BCUT2D eigenvalue weighted by Gasteiger charge is -2.05. The van der Waals surface area contributed by atoms with E-state index in [-0.39, 0.29) is 0 Å². The number of esters is 2. The van der Waals surface area contributed by atoms with Gasteiger partial charge in [0.15, 0.2) is 0 Å². The minimum atomic E-state index is -0.434. The van der Waals surface area contributed by atoms with Crippen LogP contribution in [0, 0.1) is 0 Å². The minimum absolute atomic E-state index is 0.304. The number of carbonyl (C=O) groups excluding carboxylic acids is 2. The highest BCUT2D eigenvalue weighted by Crippen LogP contribution is 2.18. The zero-order chi connectivity index (χ0) is 13.5. The van der Waals surface area contributed by atoms with Gasteiger partial charge in [-0.1, -0.05) is 13.3 Å². The molecule has 100 valence electrons. The Morgan fingerprint density at radius 2 is 1.72 bits per heavy atom. The molecule has 0 aliphatic rings. The number of ether oxygens (including phenoxy) is 2. The molecule has 0 aliphatic heterocycles. The van der Waals surface area contributed by atoms with Crippen LogP contribution < -0.4 is 0 Å². The summed E-state index contributed by atoms with van der Waals surface area (Å²) < 4.78 is 9.90. The van der Waals surface area contributed by atoms with Crippen molar-refractivity contribution in [3.05, 3.63) is 23.0 Å². The largest absolute Gasteiger partial charge is 0.462 e. The Labute approximate surface area is 106 Å². The summed E-state index contributed by atoms with van der Waals surface area (Å²) in [7, 11) is 0. The van der Waals surface area contributed by atoms with Crippen LogP contribution in [0.1, 0.15) is 53.6 Å². The van der Waals surface area contributed by atoms with Gasteiger partial charge in [-0.3, -0.25) is 0 Å². The van der Waals surface area contributed by atoms with Crippen molar-refractivity contribution >= 4 is 11.9 Å². The van der Waals surface area contributed by atoms with E-state index in [4.69, 9.17) is 9.47 Å². The van der Waals surface area contributed by atoms with Crippen molar-refractivity contribution in [3.8, 4) is 0 Å². The summed E-state index contributed by atoms with van der Waals surface area (Å²) in [6.07, 6.45) is 2.97. The number of aromatic amines is 1. The number of hydrogen-bond donors (Lipinski definition) is 1. The van der Waals surface area contributed by atoms with E-state index in [1.165, 1.54) is 6.20 Å². The maximum absolute atomic E-state index is 11.7. The lowest BCUT2D eigenvalue weighted by molar-refractivity contribution is 0.0518. The molecular weight excluding hydrogens is 234 g/mol. The molecule has 0 bridgehead atoms. The molecule has 0 saturated carbocycles. The first-order valence-electron chi connectivity index (χ1n) is 6.20. The van der Waals surface area contributed by atoms with Crippen LogP contribution in [0.25, 0.3) is 0 Å². The van der Waals surface area contributed by atoms with Crippen LogP contribution in [-0.4, -0.2) is 30.1 Å². The third-order valence-electron chi connectivity index (χ3n) is 2.46. The predicted octanol–water partition coefficient (Wildman–Crippen LogP) is 2.32. The Bertz CT molecular complexity index is 387. The highest BCUT2D eigenvalue weighted by atomic mass is 16.5. The number of H-pyrrole nitrogens is 1. The van der Waals surface area contributed by atoms with E-state index in [0.29, 0.717) is 36.5 Å². The van der Waals surface area contributed by atoms with Gasteiger partial charge in [0.25, 0.3) is 0 Å². The van der Waals surface area contributed by atoms with Gasteiger partial charge in [0.2, 0.25) is 0 Å². The van der Waals surface area contributed by atoms with Crippen molar-refractivity contribution in [2.45, 2.75) is 33.6 Å². The summed E-state index contributed by atoms with van der Waals surface area (Å²) in [5.74, 6) is -0.843. The molecule has 1 rings (SSSR count). The van der Waals surface area contributed by atoms with Crippen molar-refractivity contribution in [1.29, 1.82) is 0 Å². The Balaban J connectivity index is 3.05. The second-order valence-corrected chi connectivity index (χ2v) is 3.75. The smallest absolute Gasteiger partial charge is 0.355 e. The summed E-state index contributed by atoms with van der Waals surface area (Å²) in [6.45, 7) is 6.09. The number of carbonyl (C=O) groups is 2. The first-order chi connectivity index (χ1) is 8.65. The average Bonchev–Trinajstić information content (AvgIpc) is 2.74. The molecule has 0 amide bonds. The third-order valence-corrected chi connectivity index (χ3v) is 2.46. The summed E-state index contributed by atoms with van der Waals surface area (Å²) in [6, 6.07) is 0. The normalized spacial score (nSPS) is 10.2. The third kappa shape index (κ3) is 3.12. The van der Waals surface area contributed by atoms with Gasteiger partial charge in [-0.2, -0.15) is 0 Å². The van der Waals surface area contributed by atoms with Crippen LogP contribution in [0.2, 0.25) is 0 Å². The van der Waals surface area contributed by atoms with E-state index in [0.717, 1.165) is 6.42 Å². The molecule has 1 aromatic heterocycles. The lowest BCUT2D eigenvalue weighted by atomic mass is 10.1. The summed E-state index contributed by atoms with van der Waals surface area (Å²) in [4.78, 5) is 26.3. The van der Waals surface area contributed by atoms with Crippen molar-refractivity contribution in [2.24, 2.45) is 0 Å². The molecule has 0 radical (unpaired) electrons. The number of hydrogen-bond acceptors (Lipinski definition) is 4. The minimum Gasteiger partial charge on any atom is -0.462 e. The standard InChI is InChI=1S/C13H19NO4/c1-4-7-9-10(12(15)17-5-2)8-14-11(9)13(16)18-6-3/h8,14H,4-7H2,1-3H3. The highest BCUT2D eigenvalue weighted by molar-refractivity contribution is 5.97. The van der Waals surface area contributed by atoms with Gasteiger partial charge in [0, 0.05) is 6.20 Å². The molecule has 0 unspecified atom stereocenters. The Hall–Kier alpha value is -1.78. The van der Waals surface area contributed by atoms with Gasteiger partial charge >= 0.3 is 11.9 Å². The number of rotatable bonds is 6. The Kier molecular flexibility index (Phi) is 5.42. The molecule has 1 N–H and O–H groups in total. The van der Waals surface area contributed by atoms with Gasteiger partial charge in [-0.25, -0.2) is 9.59 Å². The van der Waals surface area contributed by atoms with Gasteiger partial charge in [-0.15, -0.1) is 0 Å². The van der Waals surface area contributed by atoms with Crippen LogP contribution >= 0.6 is 0 Å². The van der Waals surface area contributed by atoms with Gasteiger partial charge in [0.1, 0.15) is 5.69 Å². The highest BCUT2D eigenvalue weighted by Gasteiger charge is 2.22. The van der Waals surface area contributed by atoms with Crippen LogP contribution in [0.3, 0.4) is 0 Å². The summed E-state index contributed by atoms with van der Waals surface area (Å²) in [5.41, 5.74) is 1.44. The van der Waals surface area contributed by atoms with Crippen molar-refractivity contribution in [2.75, 3.05) is 13.2 Å². The quantitative estimate of drug-likeness (QED) is 0.790. The second kappa shape index (κ2) is 6.83. The van der Waals surface area contributed by atoms with Gasteiger partial charge in [-0.05, 0) is 25.8 Å². The summed E-state index contributed by atoms with van der Waals surface area (Å²) >= 11 is 0. The van der Waals surface area contributed by atoms with E-state index in [2.05, 4.69) is 4.98 Å². The fourth-order valence-corrected chi connectivity index (χ4v) is 1.74. The van der Waals surface area contributed by atoms with E-state index >= 15 is 0 Å². The van der Waals surface area contributed by atoms with Crippen LogP contribution in [0.15, 0.2) is 6.20 Å². The number of aromatic nitrogens is 1. The maximum atomic E-state index is 11.7. The molecular formula is C13H19NO4. The van der Waals surface area contributed by atoms with E-state index in [1.54, 1.807) is 13.8 Å². The molecule has 18 heavy (non-hydrogen) atoms. The van der Waals surface area contributed by atoms with Crippen molar-refractivity contribution in [1.82, 2.24) is 4.98 Å². The van der Waals surface area contributed by atoms with Crippen LogP contribution in [0.5, 0.6) is 0 Å². The molecule has 0 fully saturated rings. The zero-order valence-corrected chi connectivity index (χ0v) is 11.0. The fraction of sp³-hybridized carbons (Fsp3) is 0.538. The molecule has 1 aromatic rings. The van der Waals surface area contributed by atoms with Crippen LogP contribution in [0.4, 0.5) is 0 Å². The Morgan fingerprint density at radius 3 is 2.28 bits per heavy atom. The molecule has 1 heterocycles. The van der Waals surface area contributed by atoms with E-state index in [1.807, 2.05) is 6.92 Å². The molecule has 5 nitrogen and oxygen atoms in total. The molecule has 0 atom stereocenters. The monoisotopic (exact) mass is 253 g/mol. The second-order valence-electron chi connectivity index (χ2n) is 3.75. The average molecular weight is 253 g/mol. The molecule has 5 heteroatoms. The first kappa shape index (κ1) is 14.3. The topological polar surface area (TPSA) is 68.4 Å². The van der Waals surface area contributed by atoms with Crippen molar-refractivity contribution in [3.63, 3.8) is 0 Å². The Morgan fingerprint density at radius 1 is 1.11 bits per heavy atom. The molecule has 0 aliphatic carbocycles. The van der Waals surface area contributed by atoms with E-state index < -0.39 is 11.9 Å². The van der Waals surface area contributed by atoms with E-state index in [9.17, 15) is 9.59 Å². The molecule has 0 aromatic carbocycles. The lowest BCUT2D eigenvalue weighted by Crippen LogP contribution is -2.11.